The lowest BCUT2D eigenvalue weighted by atomic mass is 10.0. The molecular formula is C24H31N3O5. The van der Waals surface area contributed by atoms with E-state index in [1.165, 1.54) is 7.11 Å². The van der Waals surface area contributed by atoms with Gasteiger partial charge in [0.1, 0.15) is 11.5 Å². The molecule has 0 aromatic heterocycles. The number of hydrogen-bond acceptors (Lipinski definition) is 6. The van der Waals surface area contributed by atoms with Crippen LogP contribution >= 0.6 is 0 Å². The van der Waals surface area contributed by atoms with Crippen molar-refractivity contribution in [2.75, 3.05) is 53.6 Å². The maximum atomic E-state index is 12.5. The monoisotopic (exact) mass is 441 g/mol. The Kier molecular flexibility index (Phi) is 8.89. The maximum Gasteiger partial charge on any atom is 0.255 e. The molecule has 8 heteroatoms. The molecule has 2 amide bonds. The van der Waals surface area contributed by atoms with Crippen molar-refractivity contribution in [1.82, 2.24) is 15.5 Å². The first kappa shape index (κ1) is 23.6. The lowest BCUT2D eigenvalue weighted by Gasteiger charge is -2.35. The number of carbonyl (C=O) groups excluding carboxylic acids is 2. The number of hydrogen-bond donors (Lipinski definition) is 2. The molecule has 0 unspecified atom stereocenters. The van der Waals surface area contributed by atoms with Crippen LogP contribution in [0.2, 0.25) is 0 Å². The van der Waals surface area contributed by atoms with Gasteiger partial charge in [0.15, 0.2) is 0 Å². The summed E-state index contributed by atoms with van der Waals surface area (Å²) in [5.41, 5.74) is 1.56. The highest BCUT2D eigenvalue weighted by molar-refractivity contribution is 5.97. The van der Waals surface area contributed by atoms with Crippen molar-refractivity contribution in [3.63, 3.8) is 0 Å². The van der Waals surface area contributed by atoms with Crippen molar-refractivity contribution >= 4 is 11.8 Å². The Labute approximate surface area is 188 Å². The zero-order valence-corrected chi connectivity index (χ0v) is 18.6. The molecule has 172 valence electrons. The Morgan fingerprint density at radius 1 is 1.00 bits per heavy atom. The summed E-state index contributed by atoms with van der Waals surface area (Å²) in [4.78, 5) is 27.1. The first-order valence-corrected chi connectivity index (χ1v) is 10.8. The molecule has 2 N–H and O–H groups in total. The second-order valence-electron chi connectivity index (χ2n) is 7.45. The van der Waals surface area contributed by atoms with E-state index in [1.54, 1.807) is 31.4 Å². The van der Waals surface area contributed by atoms with Crippen molar-refractivity contribution in [2.24, 2.45) is 0 Å². The third-order valence-electron chi connectivity index (χ3n) is 5.47. The topological polar surface area (TPSA) is 89.1 Å². The number of morpholine rings is 1. The molecule has 1 atom stereocenters. The predicted octanol–water partition coefficient (Wildman–Crippen LogP) is 2.01. The van der Waals surface area contributed by atoms with Crippen LogP contribution < -0.4 is 20.1 Å². The second kappa shape index (κ2) is 12.1. The van der Waals surface area contributed by atoms with E-state index in [9.17, 15) is 9.59 Å². The first-order chi connectivity index (χ1) is 15.6. The van der Waals surface area contributed by atoms with Gasteiger partial charge in [-0.25, -0.2) is 0 Å². The number of rotatable bonds is 10. The minimum absolute atomic E-state index is 0.0388. The summed E-state index contributed by atoms with van der Waals surface area (Å²) >= 11 is 0. The molecule has 2 aromatic carbocycles. The van der Waals surface area contributed by atoms with E-state index in [1.807, 2.05) is 24.3 Å². The molecule has 1 aliphatic heterocycles. The predicted molar refractivity (Wildman–Crippen MR) is 121 cm³/mol. The van der Waals surface area contributed by atoms with Crippen LogP contribution in [0.25, 0.3) is 0 Å². The molecule has 3 rings (SSSR count). The minimum Gasteiger partial charge on any atom is -0.497 e. The number of ether oxygens (including phenoxy) is 3. The molecule has 0 radical (unpaired) electrons. The van der Waals surface area contributed by atoms with Crippen LogP contribution in [0.1, 0.15) is 28.4 Å². The largest absolute Gasteiger partial charge is 0.497 e. The lowest BCUT2D eigenvalue weighted by Crippen LogP contribution is -2.44. The number of carbonyl (C=O) groups is 2. The van der Waals surface area contributed by atoms with Crippen molar-refractivity contribution in [2.45, 2.75) is 12.5 Å². The van der Waals surface area contributed by atoms with Gasteiger partial charge in [-0.3, -0.25) is 14.5 Å². The van der Waals surface area contributed by atoms with Crippen LogP contribution in [0, 0.1) is 0 Å². The molecule has 1 saturated heterocycles. The first-order valence-electron chi connectivity index (χ1n) is 10.8. The summed E-state index contributed by atoms with van der Waals surface area (Å²) in [5.74, 6) is 0.920. The molecule has 1 aliphatic rings. The Morgan fingerprint density at radius 3 is 2.41 bits per heavy atom. The molecule has 32 heavy (non-hydrogen) atoms. The van der Waals surface area contributed by atoms with Gasteiger partial charge in [0, 0.05) is 32.6 Å². The van der Waals surface area contributed by atoms with Crippen molar-refractivity contribution in [1.29, 1.82) is 0 Å². The molecule has 0 spiro atoms. The summed E-state index contributed by atoms with van der Waals surface area (Å²) in [5, 5.41) is 5.79. The van der Waals surface area contributed by atoms with Crippen molar-refractivity contribution in [3.05, 3.63) is 59.7 Å². The van der Waals surface area contributed by atoms with Crippen molar-refractivity contribution < 1.29 is 23.8 Å². The van der Waals surface area contributed by atoms with Crippen LogP contribution in [-0.2, 0) is 9.53 Å². The zero-order chi connectivity index (χ0) is 22.8. The van der Waals surface area contributed by atoms with Crippen LogP contribution in [-0.4, -0.2) is 70.3 Å². The summed E-state index contributed by atoms with van der Waals surface area (Å²) in [7, 11) is 3.16. The van der Waals surface area contributed by atoms with Gasteiger partial charge in [-0.05, 0) is 29.8 Å². The van der Waals surface area contributed by atoms with Gasteiger partial charge in [-0.2, -0.15) is 0 Å². The zero-order valence-electron chi connectivity index (χ0n) is 18.6. The maximum absolute atomic E-state index is 12.5. The van der Waals surface area contributed by atoms with Gasteiger partial charge in [-0.1, -0.05) is 24.3 Å². The van der Waals surface area contributed by atoms with E-state index in [4.69, 9.17) is 14.2 Å². The fourth-order valence-corrected chi connectivity index (χ4v) is 3.69. The Morgan fingerprint density at radius 2 is 1.72 bits per heavy atom. The number of nitrogens with one attached hydrogen (secondary N) is 2. The molecule has 0 bridgehead atoms. The van der Waals surface area contributed by atoms with Crippen molar-refractivity contribution in [3.8, 4) is 11.5 Å². The molecule has 1 fully saturated rings. The van der Waals surface area contributed by atoms with Gasteiger partial charge < -0.3 is 24.8 Å². The quantitative estimate of drug-likeness (QED) is 0.586. The van der Waals surface area contributed by atoms with Gasteiger partial charge in [0.25, 0.3) is 5.91 Å². The molecule has 0 aliphatic carbocycles. The third-order valence-corrected chi connectivity index (χ3v) is 5.47. The van der Waals surface area contributed by atoms with Crippen LogP contribution in [0.15, 0.2) is 48.5 Å². The van der Waals surface area contributed by atoms with Gasteiger partial charge in [0.05, 0.1) is 39.0 Å². The number of para-hydroxylation sites is 1. The summed E-state index contributed by atoms with van der Waals surface area (Å²) < 4.78 is 15.9. The highest BCUT2D eigenvalue weighted by Gasteiger charge is 2.23. The van der Waals surface area contributed by atoms with Crippen LogP contribution in [0.4, 0.5) is 0 Å². The van der Waals surface area contributed by atoms with Crippen LogP contribution in [0.5, 0.6) is 11.5 Å². The molecule has 0 saturated carbocycles. The standard InChI is InChI=1S/C24H31N3O5/c1-30-19-9-7-18(8-10-19)21(27-13-15-32-16-14-27)17-26-23(28)11-12-25-24(29)20-5-3-4-6-22(20)31-2/h3-10,21H,11-17H2,1-2H3,(H,25,29)(H,26,28)/t21-/m0/s1. The average molecular weight is 442 g/mol. The number of methoxy groups -OCH3 is 2. The van der Waals surface area contributed by atoms with E-state index in [2.05, 4.69) is 15.5 Å². The van der Waals surface area contributed by atoms with E-state index in [-0.39, 0.29) is 30.8 Å². The normalized spacial score (nSPS) is 14.9. The Balaban J connectivity index is 1.52. The minimum atomic E-state index is -0.264. The summed E-state index contributed by atoms with van der Waals surface area (Å²) in [6.07, 6.45) is 0.194. The van der Waals surface area contributed by atoms with E-state index >= 15 is 0 Å². The fourth-order valence-electron chi connectivity index (χ4n) is 3.69. The Bertz CT molecular complexity index is 881. The molecule has 2 aromatic rings. The summed E-state index contributed by atoms with van der Waals surface area (Å²) in [6, 6.07) is 14.9. The average Bonchev–Trinajstić information content (AvgIpc) is 2.85. The number of nitrogens with zero attached hydrogens (tertiary/aromatic N) is 1. The highest BCUT2D eigenvalue weighted by atomic mass is 16.5. The van der Waals surface area contributed by atoms with Gasteiger partial charge in [-0.15, -0.1) is 0 Å². The SMILES string of the molecule is COc1ccc([C@H](CNC(=O)CCNC(=O)c2ccccc2OC)N2CCOCC2)cc1. The third kappa shape index (κ3) is 6.45. The van der Waals surface area contributed by atoms with E-state index < -0.39 is 0 Å². The van der Waals surface area contributed by atoms with Gasteiger partial charge in [0.2, 0.25) is 5.91 Å². The smallest absolute Gasteiger partial charge is 0.255 e. The molecule has 8 nitrogen and oxygen atoms in total. The second-order valence-corrected chi connectivity index (χ2v) is 7.45. The number of benzene rings is 2. The number of amides is 2. The lowest BCUT2D eigenvalue weighted by molar-refractivity contribution is -0.121. The molecule has 1 heterocycles. The Hall–Kier alpha value is -3.10. The molecular weight excluding hydrogens is 410 g/mol. The highest BCUT2D eigenvalue weighted by Crippen LogP contribution is 2.23. The summed E-state index contributed by atoms with van der Waals surface area (Å²) in [6.45, 7) is 3.69. The van der Waals surface area contributed by atoms with E-state index in [0.29, 0.717) is 31.1 Å². The van der Waals surface area contributed by atoms with Gasteiger partial charge >= 0.3 is 0 Å². The fraction of sp³-hybridized carbons (Fsp3) is 0.417. The van der Waals surface area contributed by atoms with E-state index in [0.717, 1.165) is 24.4 Å². The van der Waals surface area contributed by atoms with Crippen LogP contribution in [0.3, 0.4) is 0 Å².